The summed E-state index contributed by atoms with van der Waals surface area (Å²) in [6, 6.07) is 47.2. The molecule has 3 heterocycles. The largest absolute Gasteiger partial charge is 0.500 e. The summed E-state index contributed by atoms with van der Waals surface area (Å²) in [5, 5.41) is 1.42. The minimum atomic E-state index is -2.56. The van der Waals surface area contributed by atoms with Crippen molar-refractivity contribution in [1.82, 2.24) is 14.5 Å². The molecule has 0 atom stereocenters. The number of benzene rings is 6. The molecule has 9 rings (SSSR count). The number of nitrogens with zero attached hydrogens (tertiary/aromatic N) is 3. The van der Waals surface area contributed by atoms with E-state index in [1.54, 1.807) is 39.0 Å². The number of fused-ring (bicyclic) bond motifs is 4. The van der Waals surface area contributed by atoms with Crippen LogP contribution in [0.25, 0.3) is 72.4 Å². The SMILES string of the molecule is CC(C)c1cccc(C(C)C)c1-n1c(-c2[c-]cccc2)nc2ccccc21.[2H]C([2H])([2H])c1cnc(-c2[c-]ccc3c2oc2c(-c4ccccc4)c(C([2H])([2H])[2H])ccc23)cc1C([2H])([2H])C(C)(C)C.[Ir]. The summed E-state index contributed by atoms with van der Waals surface area (Å²) in [7, 11) is 0. The van der Waals surface area contributed by atoms with Gasteiger partial charge in [-0.1, -0.05) is 144 Å². The number of hydrogen-bond donors (Lipinski definition) is 0. The molecule has 60 heavy (non-hydrogen) atoms. The summed E-state index contributed by atoms with van der Waals surface area (Å²) >= 11 is 0. The Bertz CT molecular complexity index is 3210. The number of imidazole rings is 1. The van der Waals surface area contributed by atoms with E-state index in [1.807, 2.05) is 54.6 Å². The van der Waals surface area contributed by atoms with Crippen molar-refractivity contribution in [1.29, 1.82) is 0 Å². The second-order valence-corrected chi connectivity index (χ2v) is 16.5. The molecule has 6 aromatic carbocycles. The van der Waals surface area contributed by atoms with Gasteiger partial charge >= 0.3 is 0 Å². The monoisotopic (exact) mass is 972 g/mol. The number of pyridine rings is 1. The number of rotatable bonds is 7. The molecule has 0 bridgehead atoms. The van der Waals surface area contributed by atoms with Gasteiger partial charge in [-0.3, -0.25) is 4.98 Å². The van der Waals surface area contributed by atoms with Gasteiger partial charge in [-0.15, -0.1) is 54.1 Å². The van der Waals surface area contributed by atoms with Gasteiger partial charge in [0.25, 0.3) is 0 Å². The van der Waals surface area contributed by atoms with Crippen LogP contribution in [-0.2, 0) is 26.5 Å². The number of para-hydroxylation sites is 3. The van der Waals surface area contributed by atoms with E-state index in [0.29, 0.717) is 56.2 Å². The topological polar surface area (TPSA) is 43.9 Å². The van der Waals surface area contributed by atoms with E-state index in [9.17, 15) is 0 Å². The molecule has 0 aliphatic rings. The van der Waals surface area contributed by atoms with Crippen molar-refractivity contribution >= 4 is 33.0 Å². The van der Waals surface area contributed by atoms with Gasteiger partial charge < -0.3 is 14.0 Å². The molecule has 0 aliphatic carbocycles. The molecule has 3 aromatic heterocycles. The molecule has 1 radical (unpaired) electrons. The van der Waals surface area contributed by atoms with Crippen LogP contribution in [0, 0.1) is 31.3 Å². The smallest absolute Gasteiger partial charge is 0.129 e. The molecule has 0 unspecified atom stereocenters. The van der Waals surface area contributed by atoms with Gasteiger partial charge in [-0.2, -0.15) is 0 Å². The second kappa shape index (κ2) is 17.5. The number of hydrogen-bond acceptors (Lipinski definition) is 3. The van der Waals surface area contributed by atoms with Crippen LogP contribution < -0.4 is 0 Å². The Morgan fingerprint density at radius 1 is 0.733 bits per heavy atom. The fourth-order valence-electron chi connectivity index (χ4n) is 7.72. The van der Waals surface area contributed by atoms with E-state index in [1.165, 1.54) is 29.1 Å². The van der Waals surface area contributed by atoms with E-state index in [2.05, 4.69) is 97.9 Å². The van der Waals surface area contributed by atoms with Crippen LogP contribution in [0.15, 0.2) is 138 Å². The first-order valence-corrected chi connectivity index (χ1v) is 20.1. The molecule has 0 N–H and O–H groups in total. The maximum atomic E-state index is 8.86. The van der Waals surface area contributed by atoms with Gasteiger partial charge in [0.1, 0.15) is 5.58 Å². The van der Waals surface area contributed by atoms with Crippen LogP contribution in [-0.4, -0.2) is 14.5 Å². The molecule has 0 aliphatic heterocycles. The molecule has 305 valence electrons. The van der Waals surface area contributed by atoms with Crippen molar-refractivity contribution < 1.29 is 35.5 Å². The molecular weight excluding hydrogens is 911 g/mol. The molecule has 0 fully saturated rings. The minimum absolute atomic E-state index is 0. The van der Waals surface area contributed by atoms with Gasteiger partial charge in [0.15, 0.2) is 0 Å². The zero-order valence-electron chi connectivity index (χ0n) is 42.9. The summed E-state index contributed by atoms with van der Waals surface area (Å²) < 4.78 is 74.9. The van der Waals surface area contributed by atoms with E-state index in [4.69, 9.17) is 20.4 Å². The predicted molar refractivity (Wildman–Crippen MR) is 247 cm³/mol. The first kappa shape index (κ1) is 33.1. The zero-order valence-corrected chi connectivity index (χ0v) is 37.3. The maximum absolute atomic E-state index is 8.86. The van der Waals surface area contributed by atoms with Crippen molar-refractivity contribution in [2.75, 3.05) is 0 Å². The summed E-state index contributed by atoms with van der Waals surface area (Å²) in [6.45, 7) is 9.25. The molecular formula is C55H53IrN3O-2. The van der Waals surface area contributed by atoms with Crippen molar-refractivity contribution in [3.05, 3.63) is 174 Å². The number of furan rings is 1. The Balaban J connectivity index is 0.000000213. The third kappa shape index (κ3) is 8.39. The molecule has 0 saturated carbocycles. The number of aromatic nitrogens is 3. The van der Waals surface area contributed by atoms with Gasteiger partial charge in [0, 0.05) is 53.9 Å². The third-order valence-electron chi connectivity index (χ3n) is 10.4. The summed E-state index contributed by atoms with van der Waals surface area (Å²) in [4.78, 5) is 9.41. The standard InChI is InChI=1S/C30H28NO.C25H25N2.Ir/c1-19-14-15-24-23-12-9-13-25(26-16-22(17-30(3,4)5)20(2)18-31-26)28(23)32-29(24)27(19)21-10-7-6-8-11-21;1-17(2)20-13-10-14-21(18(3)4)24(20)27-23-16-9-8-15-22(23)26-25(27)19-11-6-5-7-12-19;/h6-12,14-16,18H,17H2,1-5H3;5-11,13-18H,1-4H3;/q2*-1;/i1D3,2D3,17D2;;. The summed E-state index contributed by atoms with van der Waals surface area (Å²) in [6.07, 6.45) is -0.788. The Hall–Kier alpha value is -5.61. The average molecular weight is 972 g/mol. The van der Waals surface area contributed by atoms with Crippen LogP contribution in [0.2, 0.25) is 0 Å². The van der Waals surface area contributed by atoms with Crippen LogP contribution in [0.5, 0.6) is 0 Å². The van der Waals surface area contributed by atoms with Gasteiger partial charge in [0.05, 0.1) is 22.4 Å². The molecule has 4 nitrogen and oxygen atoms in total. The van der Waals surface area contributed by atoms with Crippen LogP contribution >= 0.6 is 0 Å². The fraction of sp³-hybridized carbons (Fsp3) is 0.236. The molecule has 0 saturated heterocycles. The fourth-order valence-corrected chi connectivity index (χ4v) is 7.72. The summed E-state index contributed by atoms with van der Waals surface area (Å²) in [5.74, 6) is 1.80. The zero-order chi connectivity index (χ0) is 48.2. The van der Waals surface area contributed by atoms with Crippen molar-refractivity contribution in [2.24, 2.45) is 5.41 Å². The Morgan fingerprint density at radius 2 is 1.43 bits per heavy atom. The van der Waals surface area contributed by atoms with Crippen molar-refractivity contribution in [3.8, 4) is 39.5 Å². The van der Waals surface area contributed by atoms with E-state index in [0.717, 1.165) is 22.4 Å². The first-order valence-electron chi connectivity index (χ1n) is 24.1. The maximum Gasteiger partial charge on any atom is 0.129 e. The minimum Gasteiger partial charge on any atom is -0.500 e. The van der Waals surface area contributed by atoms with Gasteiger partial charge in [0.2, 0.25) is 0 Å². The molecule has 5 heteroatoms. The molecule has 9 aromatic rings. The van der Waals surface area contributed by atoms with Crippen molar-refractivity contribution in [3.63, 3.8) is 0 Å². The van der Waals surface area contributed by atoms with Crippen LogP contribution in [0.1, 0.15) is 99.1 Å². The van der Waals surface area contributed by atoms with E-state index < -0.39 is 25.5 Å². The van der Waals surface area contributed by atoms with Crippen LogP contribution in [0.3, 0.4) is 0 Å². The Morgan fingerprint density at radius 3 is 2.12 bits per heavy atom. The average Bonchev–Trinajstić information content (AvgIpc) is 3.87. The predicted octanol–water partition coefficient (Wildman–Crippen LogP) is 15.1. The summed E-state index contributed by atoms with van der Waals surface area (Å²) in [5.41, 5.74) is 8.96. The Kier molecular flexibility index (Phi) is 9.69. The quantitative estimate of drug-likeness (QED) is 0.150. The first-order chi connectivity index (χ1) is 31.6. The Labute approximate surface area is 380 Å². The number of aryl methyl sites for hydroxylation is 2. The second-order valence-electron chi connectivity index (χ2n) is 16.5. The molecule has 0 spiro atoms. The van der Waals surface area contributed by atoms with Crippen LogP contribution in [0.4, 0.5) is 0 Å². The van der Waals surface area contributed by atoms with Gasteiger partial charge in [-0.05, 0) is 83.0 Å². The normalized spacial score (nSPS) is 14.3. The third-order valence-corrected chi connectivity index (χ3v) is 10.4. The van der Waals surface area contributed by atoms with E-state index in [-0.39, 0.29) is 36.8 Å². The molecule has 0 amide bonds. The van der Waals surface area contributed by atoms with Crippen molar-refractivity contribution in [2.45, 2.75) is 80.4 Å². The van der Waals surface area contributed by atoms with Gasteiger partial charge in [-0.25, -0.2) is 0 Å². The van der Waals surface area contributed by atoms with E-state index >= 15 is 0 Å².